The molecule has 3 rings (SSSR count). The van der Waals surface area contributed by atoms with Gasteiger partial charge >= 0.3 is 0 Å². The van der Waals surface area contributed by atoms with Crippen molar-refractivity contribution < 1.29 is 9.59 Å². The molecule has 23 heavy (non-hydrogen) atoms. The molecule has 1 heterocycles. The van der Waals surface area contributed by atoms with Crippen LogP contribution < -0.4 is 10.2 Å². The van der Waals surface area contributed by atoms with Crippen LogP contribution in [0.15, 0.2) is 53.0 Å². The van der Waals surface area contributed by atoms with Crippen LogP contribution in [0.5, 0.6) is 0 Å². The Morgan fingerprint density at radius 2 is 1.87 bits per heavy atom. The van der Waals surface area contributed by atoms with Crippen molar-refractivity contribution in [3.63, 3.8) is 0 Å². The van der Waals surface area contributed by atoms with Crippen molar-refractivity contribution in [1.82, 2.24) is 0 Å². The predicted molar refractivity (Wildman–Crippen MR) is 94.7 cm³/mol. The molecule has 1 aliphatic rings. The number of para-hydroxylation sites is 1. The van der Waals surface area contributed by atoms with Gasteiger partial charge in [-0.3, -0.25) is 9.59 Å². The highest BCUT2D eigenvalue weighted by Gasteiger charge is 2.35. The number of nitrogens with one attached hydrogen (secondary N) is 1. The monoisotopic (exact) mass is 392 g/mol. The van der Waals surface area contributed by atoms with Crippen molar-refractivity contribution in [1.29, 1.82) is 0 Å². The van der Waals surface area contributed by atoms with Crippen LogP contribution in [-0.2, 0) is 9.59 Å². The lowest BCUT2D eigenvalue weighted by Crippen LogP contribution is -2.28. The maximum Gasteiger partial charge on any atom is 0.229 e. The van der Waals surface area contributed by atoms with Gasteiger partial charge in [-0.1, -0.05) is 23.7 Å². The molecule has 1 saturated heterocycles. The molecule has 118 valence electrons. The van der Waals surface area contributed by atoms with Gasteiger partial charge in [-0.15, -0.1) is 0 Å². The third-order valence-corrected chi connectivity index (χ3v) is 4.71. The molecular weight excluding hydrogens is 380 g/mol. The number of hydrogen-bond acceptors (Lipinski definition) is 2. The van der Waals surface area contributed by atoms with Crippen LogP contribution in [0.1, 0.15) is 6.42 Å². The smallest absolute Gasteiger partial charge is 0.229 e. The first-order chi connectivity index (χ1) is 11.0. The highest BCUT2D eigenvalue weighted by molar-refractivity contribution is 9.10. The minimum absolute atomic E-state index is 0.0559. The maximum absolute atomic E-state index is 12.4. The van der Waals surface area contributed by atoms with Crippen molar-refractivity contribution in [3.8, 4) is 0 Å². The minimum Gasteiger partial charge on any atom is -0.325 e. The van der Waals surface area contributed by atoms with Crippen molar-refractivity contribution in [3.05, 3.63) is 58.0 Å². The lowest BCUT2D eigenvalue weighted by Gasteiger charge is -2.17. The normalized spacial score (nSPS) is 17.4. The van der Waals surface area contributed by atoms with Crippen LogP contribution in [0.25, 0.3) is 0 Å². The molecule has 0 radical (unpaired) electrons. The zero-order valence-electron chi connectivity index (χ0n) is 12.1. The van der Waals surface area contributed by atoms with E-state index in [1.54, 1.807) is 29.2 Å². The van der Waals surface area contributed by atoms with Crippen molar-refractivity contribution in [2.24, 2.45) is 5.92 Å². The summed E-state index contributed by atoms with van der Waals surface area (Å²) in [6.07, 6.45) is 0.207. The lowest BCUT2D eigenvalue weighted by molar-refractivity contribution is -0.122. The number of rotatable bonds is 3. The number of nitrogens with zero attached hydrogens (tertiary/aromatic N) is 1. The Labute approximate surface area is 147 Å². The number of carbonyl (C=O) groups excluding carboxylic acids is 2. The van der Waals surface area contributed by atoms with Gasteiger partial charge < -0.3 is 10.2 Å². The fraction of sp³-hybridized carbons (Fsp3) is 0.176. The third-order valence-electron chi connectivity index (χ3n) is 3.77. The number of hydrogen-bond donors (Lipinski definition) is 1. The van der Waals surface area contributed by atoms with Crippen molar-refractivity contribution in [2.45, 2.75) is 6.42 Å². The average molecular weight is 394 g/mol. The van der Waals surface area contributed by atoms with Crippen LogP contribution in [0.4, 0.5) is 11.4 Å². The van der Waals surface area contributed by atoms with Crippen molar-refractivity contribution in [2.75, 3.05) is 16.8 Å². The standard InChI is InChI=1S/C17H14BrClN2O2/c18-14-3-1-2-4-15(14)20-17(23)11-9-16(22)21(10-11)13-7-5-12(19)6-8-13/h1-8,11H,9-10H2,(H,20,23)/t11-/m1/s1. The van der Waals surface area contributed by atoms with Crippen LogP contribution in [0, 0.1) is 5.92 Å². The predicted octanol–water partition coefficient (Wildman–Crippen LogP) is 4.09. The number of anilines is 2. The molecule has 1 fully saturated rings. The largest absolute Gasteiger partial charge is 0.325 e. The van der Waals surface area contributed by atoms with Crippen LogP contribution in [-0.4, -0.2) is 18.4 Å². The van der Waals surface area contributed by atoms with Crippen LogP contribution in [0.3, 0.4) is 0 Å². The Balaban J connectivity index is 1.71. The zero-order valence-corrected chi connectivity index (χ0v) is 14.5. The summed E-state index contributed by atoms with van der Waals surface area (Å²) in [5, 5.41) is 3.48. The molecule has 0 aromatic heterocycles. The third kappa shape index (κ3) is 3.57. The molecule has 0 saturated carbocycles. The molecule has 2 amide bonds. The van der Waals surface area contributed by atoms with Gasteiger partial charge in [0, 0.05) is 28.1 Å². The lowest BCUT2D eigenvalue weighted by atomic mass is 10.1. The number of halogens is 2. The van der Waals surface area contributed by atoms with Gasteiger partial charge in [0.05, 0.1) is 11.6 Å². The minimum atomic E-state index is -0.370. The van der Waals surface area contributed by atoms with Gasteiger partial charge in [0.25, 0.3) is 0 Å². The molecular formula is C17H14BrClN2O2. The first kappa shape index (κ1) is 16.0. The van der Waals surface area contributed by atoms with E-state index in [1.165, 1.54) is 0 Å². The second kappa shape index (κ2) is 6.72. The van der Waals surface area contributed by atoms with Gasteiger partial charge in [-0.25, -0.2) is 0 Å². The molecule has 4 nitrogen and oxygen atoms in total. The zero-order chi connectivity index (χ0) is 16.4. The molecule has 2 aromatic carbocycles. The van der Waals surface area contributed by atoms with E-state index in [0.29, 0.717) is 17.3 Å². The summed E-state index contributed by atoms with van der Waals surface area (Å²) in [5.41, 5.74) is 1.46. The number of carbonyl (C=O) groups is 2. The first-order valence-corrected chi connectivity index (χ1v) is 8.33. The molecule has 0 spiro atoms. The fourth-order valence-electron chi connectivity index (χ4n) is 2.55. The van der Waals surface area contributed by atoms with Gasteiger partial charge in [0.15, 0.2) is 0 Å². The molecule has 0 bridgehead atoms. The molecule has 2 aromatic rings. The Bertz CT molecular complexity index is 749. The number of amides is 2. The molecule has 1 aliphatic heterocycles. The van der Waals surface area contributed by atoms with E-state index in [-0.39, 0.29) is 24.2 Å². The van der Waals surface area contributed by atoms with E-state index in [2.05, 4.69) is 21.2 Å². The van der Waals surface area contributed by atoms with Crippen LogP contribution in [0.2, 0.25) is 5.02 Å². The Morgan fingerprint density at radius 1 is 1.17 bits per heavy atom. The topological polar surface area (TPSA) is 49.4 Å². The van der Waals surface area contributed by atoms with Gasteiger partial charge in [-0.05, 0) is 52.3 Å². The first-order valence-electron chi connectivity index (χ1n) is 7.16. The Kier molecular flexibility index (Phi) is 4.68. The fourth-order valence-corrected chi connectivity index (χ4v) is 3.06. The summed E-state index contributed by atoms with van der Waals surface area (Å²) in [6.45, 7) is 0.372. The summed E-state index contributed by atoms with van der Waals surface area (Å²) < 4.78 is 0.812. The average Bonchev–Trinajstić information content (AvgIpc) is 2.92. The Morgan fingerprint density at radius 3 is 2.57 bits per heavy atom. The molecule has 0 unspecified atom stereocenters. The summed E-state index contributed by atoms with van der Waals surface area (Å²) in [7, 11) is 0. The van der Waals surface area contributed by atoms with E-state index < -0.39 is 0 Å². The summed E-state index contributed by atoms with van der Waals surface area (Å²) >= 11 is 9.26. The molecule has 1 N–H and O–H groups in total. The van der Waals surface area contributed by atoms with Gasteiger partial charge in [0.1, 0.15) is 0 Å². The Hall–Kier alpha value is -1.85. The van der Waals surface area contributed by atoms with E-state index in [4.69, 9.17) is 11.6 Å². The summed E-state index contributed by atoms with van der Waals surface area (Å²) in [5.74, 6) is -0.577. The highest BCUT2D eigenvalue weighted by atomic mass is 79.9. The van der Waals surface area contributed by atoms with E-state index in [0.717, 1.165) is 10.2 Å². The summed E-state index contributed by atoms with van der Waals surface area (Å²) in [4.78, 5) is 26.2. The second-order valence-electron chi connectivity index (χ2n) is 5.35. The van der Waals surface area contributed by atoms with Crippen molar-refractivity contribution >= 4 is 50.7 Å². The van der Waals surface area contributed by atoms with Crippen LogP contribution >= 0.6 is 27.5 Å². The van der Waals surface area contributed by atoms with Gasteiger partial charge in [0.2, 0.25) is 11.8 Å². The quantitative estimate of drug-likeness (QED) is 0.854. The van der Waals surface area contributed by atoms with E-state index in [1.807, 2.05) is 24.3 Å². The SMILES string of the molecule is O=C(Nc1ccccc1Br)[C@@H]1CC(=O)N(c2ccc(Cl)cc2)C1. The second-order valence-corrected chi connectivity index (χ2v) is 6.64. The van der Waals surface area contributed by atoms with Gasteiger partial charge in [-0.2, -0.15) is 0 Å². The molecule has 1 atom stereocenters. The summed E-state index contributed by atoms with van der Waals surface area (Å²) in [6, 6.07) is 14.4. The van der Waals surface area contributed by atoms with E-state index >= 15 is 0 Å². The van der Waals surface area contributed by atoms with E-state index in [9.17, 15) is 9.59 Å². The maximum atomic E-state index is 12.4. The number of benzene rings is 2. The highest BCUT2D eigenvalue weighted by Crippen LogP contribution is 2.28. The molecule has 0 aliphatic carbocycles. The molecule has 6 heteroatoms.